The largest absolute Gasteiger partial charge is 0.335 e. The number of urea groups is 1. The van der Waals surface area contributed by atoms with Gasteiger partial charge in [0.2, 0.25) is 5.13 Å². The molecule has 1 saturated heterocycles. The third kappa shape index (κ3) is 4.23. The zero-order valence-electron chi connectivity index (χ0n) is 12.8. The highest BCUT2D eigenvalue weighted by Crippen LogP contribution is 2.21. The van der Waals surface area contributed by atoms with Gasteiger partial charge in [0.05, 0.1) is 0 Å². The second-order valence-electron chi connectivity index (χ2n) is 5.61. The van der Waals surface area contributed by atoms with Crippen molar-refractivity contribution in [3.8, 4) is 11.4 Å². The minimum atomic E-state index is -0.306. The van der Waals surface area contributed by atoms with Gasteiger partial charge in [0.15, 0.2) is 5.82 Å². The highest BCUT2D eigenvalue weighted by atomic mass is 32.1. The Balaban J connectivity index is 1.56. The monoisotopic (exact) mass is 335 g/mol. The van der Waals surface area contributed by atoms with Gasteiger partial charge in [-0.2, -0.15) is 9.36 Å². The highest BCUT2D eigenvalue weighted by Gasteiger charge is 2.19. The first-order valence-corrected chi connectivity index (χ1v) is 8.23. The fraction of sp³-hybridized carbons (Fsp3) is 0.400. The highest BCUT2D eigenvalue weighted by molar-refractivity contribution is 7.10. The van der Waals surface area contributed by atoms with Crippen LogP contribution in [0, 0.1) is 5.82 Å². The summed E-state index contributed by atoms with van der Waals surface area (Å²) >= 11 is 1.10. The van der Waals surface area contributed by atoms with Crippen LogP contribution in [-0.2, 0) is 0 Å². The molecule has 8 heteroatoms. The maximum absolute atomic E-state index is 12.9. The van der Waals surface area contributed by atoms with Crippen molar-refractivity contribution < 1.29 is 9.18 Å². The van der Waals surface area contributed by atoms with E-state index >= 15 is 0 Å². The number of carbonyl (C=O) groups is 1. The summed E-state index contributed by atoms with van der Waals surface area (Å²) in [6.07, 6.45) is 1.89. The van der Waals surface area contributed by atoms with Gasteiger partial charge in [0, 0.05) is 23.1 Å². The van der Waals surface area contributed by atoms with E-state index in [2.05, 4.69) is 31.9 Å². The maximum atomic E-state index is 12.9. The van der Waals surface area contributed by atoms with Gasteiger partial charge in [-0.05, 0) is 57.2 Å². The number of carbonyl (C=O) groups excluding carboxylic acids is 1. The van der Waals surface area contributed by atoms with Gasteiger partial charge in [-0.1, -0.05) is 0 Å². The number of amides is 2. The van der Waals surface area contributed by atoms with E-state index in [1.807, 2.05) is 0 Å². The van der Waals surface area contributed by atoms with Gasteiger partial charge >= 0.3 is 6.03 Å². The zero-order valence-corrected chi connectivity index (χ0v) is 13.6. The third-order valence-electron chi connectivity index (χ3n) is 3.80. The molecule has 1 aromatic heterocycles. The van der Waals surface area contributed by atoms with E-state index in [4.69, 9.17) is 0 Å². The number of nitrogens with zero attached hydrogens (tertiary/aromatic N) is 3. The number of rotatable bonds is 3. The van der Waals surface area contributed by atoms with Crippen molar-refractivity contribution >= 4 is 22.7 Å². The zero-order chi connectivity index (χ0) is 16.2. The third-order valence-corrected chi connectivity index (χ3v) is 4.43. The fourth-order valence-electron chi connectivity index (χ4n) is 2.46. The number of piperidine rings is 1. The average Bonchev–Trinajstić information content (AvgIpc) is 2.98. The van der Waals surface area contributed by atoms with Crippen LogP contribution in [0.3, 0.4) is 0 Å². The van der Waals surface area contributed by atoms with E-state index in [9.17, 15) is 9.18 Å². The molecule has 1 aromatic carbocycles. The standard InChI is InChI=1S/C15H18FN5OS/c1-21-8-6-12(7-9-21)17-14(22)19-15-18-13(20-23-15)10-2-4-11(16)5-3-10/h2-5,12H,6-9H2,1H3,(H2,17,18,19,20,22). The first kappa shape index (κ1) is 15.8. The van der Waals surface area contributed by atoms with Gasteiger partial charge < -0.3 is 10.2 Å². The van der Waals surface area contributed by atoms with Gasteiger partial charge in [0.1, 0.15) is 5.82 Å². The van der Waals surface area contributed by atoms with E-state index in [1.165, 1.54) is 12.1 Å². The molecule has 0 spiro atoms. The number of hydrogen-bond acceptors (Lipinski definition) is 5. The minimum Gasteiger partial charge on any atom is -0.335 e. The molecule has 0 atom stereocenters. The Hall–Kier alpha value is -2.06. The smallest absolute Gasteiger partial charge is 0.321 e. The lowest BCUT2D eigenvalue weighted by molar-refractivity contribution is 0.221. The summed E-state index contributed by atoms with van der Waals surface area (Å²) in [5.41, 5.74) is 0.714. The number of benzene rings is 1. The molecule has 6 nitrogen and oxygen atoms in total. The van der Waals surface area contributed by atoms with E-state index in [0.717, 1.165) is 37.5 Å². The molecule has 23 heavy (non-hydrogen) atoms. The first-order chi connectivity index (χ1) is 11.1. The van der Waals surface area contributed by atoms with Crippen molar-refractivity contribution in [2.45, 2.75) is 18.9 Å². The molecule has 1 fully saturated rings. The number of nitrogens with one attached hydrogen (secondary N) is 2. The lowest BCUT2D eigenvalue weighted by atomic mass is 10.1. The van der Waals surface area contributed by atoms with Crippen LogP contribution >= 0.6 is 11.5 Å². The summed E-state index contributed by atoms with van der Waals surface area (Å²) in [5.74, 6) is 0.171. The number of halogens is 1. The Morgan fingerprint density at radius 3 is 2.70 bits per heavy atom. The molecule has 1 aliphatic rings. The van der Waals surface area contributed by atoms with Crippen LogP contribution in [0.25, 0.3) is 11.4 Å². The molecule has 0 aliphatic carbocycles. The Labute approximate surface area is 137 Å². The Kier molecular flexibility index (Phi) is 4.82. The second kappa shape index (κ2) is 7.01. The molecular formula is C15H18FN5OS. The van der Waals surface area contributed by atoms with Crippen LogP contribution in [0.15, 0.2) is 24.3 Å². The average molecular weight is 335 g/mol. The molecule has 2 aromatic rings. The van der Waals surface area contributed by atoms with Gasteiger partial charge in [-0.15, -0.1) is 0 Å². The number of hydrogen-bond donors (Lipinski definition) is 2. The molecular weight excluding hydrogens is 317 g/mol. The number of anilines is 1. The molecule has 3 rings (SSSR count). The van der Waals surface area contributed by atoms with Crippen LogP contribution in [0.5, 0.6) is 0 Å². The van der Waals surface area contributed by atoms with E-state index in [0.29, 0.717) is 16.5 Å². The van der Waals surface area contributed by atoms with Crippen molar-refractivity contribution in [3.05, 3.63) is 30.1 Å². The summed E-state index contributed by atoms with van der Waals surface area (Å²) < 4.78 is 17.1. The molecule has 2 heterocycles. The SMILES string of the molecule is CN1CCC(NC(=O)Nc2nc(-c3ccc(F)cc3)ns2)CC1. The van der Waals surface area contributed by atoms with Crippen LogP contribution in [-0.4, -0.2) is 46.5 Å². The lowest BCUT2D eigenvalue weighted by Gasteiger charge is -2.29. The number of likely N-dealkylation sites (tertiary alicyclic amines) is 1. The van der Waals surface area contributed by atoms with Crippen LogP contribution in [0.2, 0.25) is 0 Å². The van der Waals surface area contributed by atoms with E-state index < -0.39 is 0 Å². The summed E-state index contributed by atoms with van der Waals surface area (Å²) in [7, 11) is 2.08. The van der Waals surface area contributed by atoms with Crippen molar-refractivity contribution in [1.82, 2.24) is 19.6 Å². The van der Waals surface area contributed by atoms with Crippen molar-refractivity contribution in [2.24, 2.45) is 0 Å². The molecule has 122 valence electrons. The molecule has 2 N–H and O–H groups in total. The Bertz CT molecular complexity index is 667. The van der Waals surface area contributed by atoms with Crippen molar-refractivity contribution in [1.29, 1.82) is 0 Å². The number of aromatic nitrogens is 2. The predicted molar refractivity (Wildman–Crippen MR) is 88.0 cm³/mol. The van der Waals surface area contributed by atoms with Gasteiger partial charge in [0.25, 0.3) is 0 Å². The normalized spacial score (nSPS) is 16.3. The van der Waals surface area contributed by atoms with Crippen LogP contribution < -0.4 is 10.6 Å². The summed E-state index contributed by atoms with van der Waals surface area (Å²) in [6, 6.07) is 5.86. The molecule has 2 amide bonds. The van der Waals surface area contributed by atoms with Crippen molar-refractivity contribution in [3.63, 3.8) is 0 Å². The van der Waals surface area contributed by atoms with Gasteiger partial charge in [-0.25, -0.2) is 9.18 Å². The maximum Gasteiger partial charge on any atom is 0.321 e. The van der Waals surface area contributed by atoms with E-state index in [1.54, 1.807) is 12.1 Å². The lowest BCUT2D eigenvalue weighted by Crippen LogP contribution is -2.44. The fourth-order valence-corrected chi connectivity index (χ4v) is 3.05. The molecule has 0 unspecified atom stereocenters. The molecule has 0 saturated carbocycles. The summed E-state index contributed by atoms with van der Waals surface area (Å²) in [4.78, 5) is 18.5. The summed E-state index contributed by atoms with van der Waals surface area (Å²) in [6.45, 7) is 1.97. The molecule has 0 bridgehead atoms. The topological polar surface area (TPSA) is 70.2 Å². The first-order valence-electron chi connectivity index (χ1n) is 7.46. The van der Waals surface area contributed by atoms with Gasteiger partial charge in [-0.3, -0.25) is 5.32 Å². The van der Waals surface area contributed by atoms with Crippen molar-refractivity contribution in [2.75, 3.05) is 25.5 Å². The molecule has 1 aliphatic heterocycles. The second-order valence-corrected chi connectivity index (χ2v) is 6.36. The molecule has 0 radical (unpaired) electrons. The summed E-state index contributed by atoms with van der Waals surface area (Å²) in [5, 5.41) is 6.09. The minimum absolute atomic E-state index is 0.190. The van der Waals surface area contributed by atoms with Crippen LogP contribution in [0.1, 0.15) is 12.8 Å². The Morgan fingerprint density at radius 2 is 2.00 bits per heavy atom. The quantitative estimate of drug-likeness (QED) is 0.904. The Morgan fingerprint density at radius 1 is 1.30 bits per heavy atom. The van der Waals surface area contributed by atoms with Crippen LogP contribution in [0.4, 0.5) is 14.3 Å². The van der Waals surface area contributed by atoms with E-state index in [-0.39, 0.29) is 17.9 Å². The predicted octanol–water partition coefficient (Wildman–Crippen LogP) is 2.56.